The summed E-state index contributed by atoms with van der Waals surface area (Å²) in [6.07, 6.45) is 9.37. The lowest BCUT2D eigenvalue weighted by atomic mass is 10.2. The van der Waals surface area contributed by atoms with Crippen LogP contribution in [-0.4, -0.2) is 30.2 Å². The van der Waals surface area contributed by atoms with Crippen molar-refractivity contribution in [2.75, 3.05) is 5.32 Å². The van der Waals surface area contributed by atoms with Crippen LogP contribution in [0.1, 0.15) is 31.0 Å². The molecule has 7 heteroatoms. The van der Waals surface area contributed by atoms with Crippen LogP contribution >= 0.6 is 0 Å². The van der Waals surface area contributed by atoms with E-state index in [4.69, 9.17) is 0 Å². The summed E-state index contributed by atoms with van der Waals surface area (Å²) in [5.41, 5.74) is 2.45. The van der Waals surface area contributed by atoms with Crippen LogP contribution in [0, 0.1) is 0 Å². The van der Waals surface area contributed by atoms with Crippen LogP contribution in [0.3, 0.4) is 0 Å². The highest BCUT2D eigenvalue weighted by atomic mass is 16.1. The van der Waals surface area contributed by atoms with Crippen molar-refractivity contribution in [2.24, 2.45) is 7.05 Å². The van der Waals surface area contributed by atoms with Gasteiger partial charge in [0.15, 0.2) is 11.3 Å². The topological polar surface area (TPSA) is 77.1 Å². The first kappa shape index (κ1) is 14.6. The number of aryl methyl sites for hydroxylation is 1. The normalized spacial score (nSPS) is 14.8. The Morgan fingerprint density at radius 2 is 2.17 bits per heavy atom. The molecular formula is C17H18N6O. The van der Waals surface area contributed by atoms with Crippen molar-refractivity contribution < 1.29 is 0 Å². The number of nitrogens with zero attached hydrogens (tertiary/aromatic N) is 5. The van der Waals surface area contributed by atoms with Gasteiger partial charge in [0.25, 0.3) is 5.56 Å². The van der Waals surface area contributed by atoms with Gasteiger partial charge in [0.2, 0.25) is 5.95 Å². The molecule has 0 bridgehead atoms. The van der Waals surface area contributed by atoms with Gasteiger partial charge < -0.3 is 5.32 Å². The molecule has 1 saturated carbocycles. The molecule has 0 amide bonds. The van der Waals surface area contributed by atoms with Crippen LogP contribution in [0.15, 0.2) is 23.6 Å². The second kappa shape index (κ2) is 5.30. The summed E-state index contributed by atoms with van der Waals surface area (Å²) in [4.78, 5) is 26.2. The Labute approximate surface area is 138 Å². The lowest BCUT2D eigenvalue weighted by Gasteiger charge is -2.05. The summed E-state index contributed by atoms with van der Waals surface area (Å²) in [5, 5.41) is 3.63. The van der Waals surface area contributed by atoms with E-state index < -0.39 is 0 Å². The van der Waals surface area contributed by atoms with E-state index in [2.05, 4.69) is 26.8 Å². The van der Waals surface area contributed by atoms with Gasteiger partial charge in [-0.15, -0.1) is 0 Å². The predicted octanol–water partition coefficient (Wildman–Crippen LogP) is 2.23. The van der Waals surface area contributed by atoms with Crippen LogP contribution in [0.25, 0.3) is 28.8 Å². The van der Waals surface area contributed by atoms with Crippen molar-refractivity contribution in [3.8, 4) is 0 Å². The van der Waals surface area contributed by atoms with E-state index in [9.17, 15) is 4.79 Å². The molecule has 122 valence electrons. The van der Waals surface area contributed by atoms with Crippen LogP contribution in [0.5, 0.6) is 0 Å². The van der Waals surface area contributed by atoms with Gasteiger partial charge in [-0.1, -0.05) is 18.7 Å². The van der Waals surface area contributed by atoms with Crippen molar-refractivity contribution in [1.29, 1.82) is 0 Å². The van der Waals surface area contributed by atoms with Crippen molar-refractivity contribution >= 4 is 34.8 Å². The first-order valence-electron chi connectivity index (χ1n) is 7.94. The average Bonchev–Trinajstić information content (AvgIpc) is 3.33. The second-order valence-electron chi connectivity index (χ2n) is 5.93. The predicted molar refractivity (Wildman–Crippen MR) is 95.0 cm³/mol. The zero-order valence-corrected chi connectivity index (χ0v) is 13.7. The fraction of sp³-hybridized carbons (Fsp3) is 0.294. The number of nitrogens with one attached hydrogen (secondary N) is 1. The number of hydrogen-bond donors (Lipinski definition) is 1. The summed E-state index contributed by atoms with van der Waals surface area (Å²) >= 11 is 0. The molecule has 3 heterocycles. The first-order valence-corrected chi connectivity index (χ1v) is 7.94. The smallest absolute Gasteiger partial charge is 0.283 e. The van der Waals surface area contributed by atoms with E-state index >= 15 is 0 Å². The van der Waals surface area contributed by atoms with Gasteiger partial charge in [0.05, 0.1) is 5.69 Å². The summed E-state index contributed by atoms with van der Waals surface area (Å²) in [6.45, 7) is 5.79. The highest BCUT2D eigenvalue weighted by molar-refractivity contribution is 5.81. The monoisotopic (exact) mass is 322 g/mol. The molecule has 1 aliphatic carbocycles. The van der Waals surface area contributed by atoms with Gasteiger partial charge in [-0.2, -0.15) is 9.50 Å². The van der Waals surface area contributed by atoms with Crippen molar-refractivity contribution in [1.82, 2.24) is 24.1 Å². The van der Waals surface area contributed by atoms with Gasteiger partial charge in [-0.25, -0.2) is 9.97 Å². The molecule has 0 radical (unpaired) electrons. The third-order valence-electron chi connectivity index (χ3n) is 4.21. The first-order chi connectivity index (χ1) is 11.6. The molecule has 24 heavy (non-hydrogen) atoms. The van der Waals surface area contributed by atoms with E-state index in [-0.39, 0.29) is 5.56 Å². The van der Waals surface area contributed by atoms with Crippen LogP contribution in [0.4, 0.5) is 5.95 Å². The summed E-state index contributed by atoms with van der Waals surface area (Å²) in [5.74, 6) is 0.519. The number of hydrogen-bond acceptors (Lipinski definition) is 5. The van der Waals surface area contributed by atoms with E-state index in [0.29, 0.717) is 28.7 Å². The van der Waals surface area contributed by atoms with Crippen LogP contribution in [-0.2, 0) is 7.05 Å². The van der Waals surface area contributed by atoms with Crippen molar-refractivity contribution in [2.45, 2.75) is 25.8 Å². The minimum atomic E-state index is -0.186. The van der Waals surface area contributed by atoms with Crippen LogP contribution < -0.4 is 10.9 Å². The van der Waals surface area contributed by atoms with E-state index in [1.807, 2.05) is 26.1 Å². The molecule has 0 atom stereocenters. The molecule has 0 aliphatic heterocycles. The Hall–Kier alpha value is -2.96. The van der Waals surface area contributed by atoms with Gasteiger partial charge in [-0.3, -0.25) is 9.48 Å². The maximum atomic E-state index is 12.9. The van der Waals surface area contributed by atoms with Crippen LogP contribution in [0.2, 0.25) is 0 Å². The molecule has 0 saturated heterocycles. The third kappa shape index (κ3) is 2.12. The summed E-state index contributed by atoms with van der Waals surface area (Å²) in [6, 6.07) is 0.439. The maximum Gasteiger partial charge on any atom is 0.283 e. The number of anilines is 1. The molecule has 1 aliphatic rings. The molecule has 3 aromatic rings. The van der Waals surface area contributed by atoms with Gasteiger partial charge in [0.1, 0.15) is 5.39 Å². The van der Waals surface area contributed by atoms with E-state index in [1.54, 1.807) is 17.0 Å². The number of allylic oxidation sites excluding steroid dienone is 1. The molecule has 0 unspecified atom stereocenters. The summed E-state index contributed by atoms with van der Waals surface area (Å²) in [7, 11) is 1.83. The zero-order valence-electron chi connectivity index (χ0n) is 13.7. The van der Waals surface area contributed by atoms with Crippen molar-refractivity contribution in [3.63, 3.8) is 0 Å². The molecule has 1 N–H and O–H groups in total. The Morgan fingerprint density at radius 1 is 1.38 bits per heavy atom. The zero-order chi connectivity index (χ0) is 16.8. The summed E-state index contributed by atoms with van der Waals surface area (Å²) < 4.78 is 3.31. The highest BCUT2D eigenvalue weighted by Gasteiger charge is 2.23. The number of aromatic nitrogens is 5. The number of rotatable bonds is 4. The quantitative estimate of drug-likeness (QED) is 0.797. The molecular weight excluding hydrogens is 304 g/mol. The average molecular weight is 322 g/mol. The molecule has 7 nitrogen and oxygen atoms in total. The highest BCUT2D eigenvalue weighted by Crippen LogP contribution is 2.24. The minimum absolute atomic E-state index is 0.186. The number of fused-ring (bicyclic) bond motifs is 2. The SMILES string of the molecule is C=Cc1c(C=CC)n(C)n2c(=O)c3cnc(NC4CC4)nc3nc12. The van der Waals surface area contributed by atoms with E-state index in [0.717, 1.165) is 24.1 Å². The molecule has 4 rings (SSSR count). The Balaban J connectivity index is 2.04. The Kier molecular flexibility index (Phi) is 3.23. The van der Waals surface area contributed by atoms with Gasteiger partial charge in [-0.05, 0) is 25.8 Å². The maximum absolute atomic E-state index is 12.9. The van der Waals surface area contributed by atoms with E-state index in [1.165, 1.54) is 4.52 Å². The second-order valence-corrected chi connectivity index (χ2v) is 5.93. The van der Waals surface area contributed by atoms with Crippen molar-refractivity contribution in [3.05, 3.63) is 40.5 Å². The van der Waals surface area contributed by atoms with Gasteiger partial charge >= 0.3 is 0 Å². The fourth-order valence-corrected chi connectivity index (χ4v) is 2.85. The molecule has 0 aromatic carbocycles. The standard InChI is InChI=1S/C17H18N6O/c1-4-6-13-11(5-2)15-20-14-12(16(24)23(15)22(13)3)9-18-17(21-14)19-10-7-8-10/h4-6,9-10H,2,7-8H2,1,3H3,(H,18,19,21). The largest absolute Gasteiger partial charge is 0.351 e. The molecule has 3 aromatic heterocycles. The Morgan fingerprint density at radius 3 is 2.83 bits per heavy atom. The Bertz CT molecular complexity index is 1050. The lowest BCUT2D eigenvalue weighted by molar-refractivity contribution is 0.679. The minimum Gasteiger partial charge on any atom is -0.351 e. The molecule has 0 spiro atoms. The molecule has 1 fully saturated rings. The van der Waals surface area contributed by atoms with Gasteiger partial charge in [0, 0.05) is 24.8 Å². The lowest BCUT2D eigenvalue weighted by Crippen LogP contribution is -2.21. The fourth-order valence-electron chi connectivity index (χ4n) is 2.85. The third-order valence-corrected chi connectivity index (χ3v) is 4.21.